The average Bonchev–Trinajstić information content (AvgIpc) is 2.72. The standard InChI is InChI=1S/C14H21FN2O2S/c1-12(11-13-5-2-3-6-14(13)15)16-7-9-17-8-4-10-20(17,18)19/h2-3,5-6,12,16H,4,7-11H2,1H3. The summed E-state index contributed by atoms with van der Waals surface area (Å²) in [7, 11) is -3.02. The van der Waals surface area contributed by atoms with Gasteiger partial charge in [-0.15, -0.1) is 0 Å². The molecule has 1 heterocycles. The van der Waals surface area contributed by atoms with Gasteiger partial charge in [0.25, 0.3) is 0 Å². The first kappa shape index (κ1) is 15.4. The van der Waals surface area contributed by atoms with Gasteiger partial charge in [0.2, 0.25) is 10.0 Å². The summed E-state index contributed by atoms with van der Waals surface area (Å²) in [6.07, 6.45) is 1.31. The minimum Gasteiger partial charge on any atom is -0.313 e. The second-order valence-electron chi connectivity index (χ2n) is 5.22. The summed E-state index contributed by atoms with van der Waals surface area (Å²) in [5.74, 6) is 0.0703. The van der Waals surface area contributed by atoms with E-state index in [4.69, 9.17) is 0 Å². The summed E-state index contributed by atoms with van der Waals surface area (Å²) in [4.78, 5) is 0. The van der Waals surface area contributed by atoms with Crippen molar-refractivity contribution in [1.82, 2.24) is 9.62 Å². The maximum Gasteiger partial charge on any atom is 0.214 e. The number of nitrogens with zero attached hydrogens (tertiary/aromatic N) is 1. The molecule has 1 aliphatic heterocycles. The molecule has 2 rings (SSSR count). The minimum absolute atomic E-state index is 0.109. The zero-order valence-electron chi connectivity index (χ0n) is 11.7. The first-order valence-electron chi connectivity index (χ1n) is 6.93. The fraction of sp³-hybridized carbons (Fsp3) is 0.571. The molecule has 1 aromatic rings. The van der Waals surface area contributed by atoms with E-state index in [0.29, 0.717) is 38.0 Å². The Hall–Kier alpha value is -0.980. The Labute approximate surface area is 120 Å². The van der Waals surface area contributed by atoms with E-state index in [2.05, 4.69) is 5.32 Å². The van der Waals surface area contributed by atoms with Crippen LogP contribution in [0.3, 0.4) is 0 Å². The normalized spacial score (nSPS) is 20.1. The van der Waals surface area contributed by atoms with Crippen molar-refractivity contribution < 1.29 is 12.8 Å². The molecule has 1 fully saturated rings. The highest BCUT2D eigenvalue weighted by Crippen LogP contribution is 2.12. The van der Waals surface area contributed by atoms with Crippen molar-refractivity contribution >= 4 is 10.0 Å². The smallest absolute Gasteiger partial charge is 0.214 e. The van der Waals surface area contributed by atoms with Gasteiger partial charge in [-0.3, -0.25) is 0 Å². The second kappa shape index (κ2) is 6.65. The molecule has 4 nitrogen and oxygen atoms in total. The molecule has 0 radical (unpaired) electrons. The van der Waals surface area contributed by atoms with Gasteiger partial charge in [-0.1, -0.05) is 18.2 Å². The van der Waals surface area contributed by atoms with Crippen LogP contribution in [0.5, 0.6) is 0 Å². The molecule has 1 N–H and O–H groups in total. The third kappa shape index (κ3) is 4.01. The van der Waals surface area contributed by atoms with E-state index in [1.807, 2.05) is 13.0 Å². The molecule has 1 unspecified atom stereocenters. The van der Waals surface area contributed by atoms with E-state index in [1.165, 1.54) is 10.4 Å². The second-order valence-corrected chi connectivity index (χ2v) is 7.31. The van der Waals surface area contributed by atoms with Crippen molar-refractivity contribution in [2.24, 2.45) is 0 Å². The summed E-state index contributed by atoms with van der Waals surface area (Å²) in [6.45, 7) is 3.68. The Balaban J connectivity index is 1.76. The lowest BCUT2D eigenvalue weighted by Crippen LogP contribution is -2.37. The van der Waals surface area contributed by atoms with Gasteiger partial charge in [0.1, 0.15) is 5.82 Å². The topological polar surface area (TPSA) is 49.4 Å². The van der Waals surface area contributed by atoms with Gasteiger partial charge < -0.3 is 5.32 Å². The number of hydrogen-bond donors (Lipinski definition) is 1. The molecule has 1 aromatic carbocycles. The van der Waals surface area contributed by atoms with Crippen LogP contribution in [0.2, 0.25) is 0 Å². The fourth-order valence-corrected chi connectivity index (χ4v) is 3.97. The van der Waals surface area contributed by atoms with Crippen LogP contribution in [0, 0.1) is 5.82 Å². The molecule has 0 spiro atoms. The molecule has 0 amide bonds. The van der Waals surface area contributed by atoms with Crippen LogP contribution in [0.1, 0.15) is 18.9 Å². The molecule has 1 atom stereocenters. The maximum absolute atomic E-state index is 13.5. The maximum atomic E-state index is 13.5. The lowest BCUT2D eigenvalue weighted by atomic mass is 10.1. The van der Waals surface area contributed by atoms with Crippen molar-refractivity contribution in [3.63, 3.8) is 0 Å². The van der Waals surface area contributed by atoms with E-state index in [-0.39, 0.29) is 17.6 Å². The van der Waals surface area contributed by atoms with Gasteiger partial charge in [0.05, 0.1) is 5.75 Å². The Bertz CT molecular complexity index is 548. The highest BCUT2D eigenvalue weighted by Gasteiger charge is 2.27. The third-order valence-corrected chi connectivity index (χ3v) is 5.50. The number of nitrogens with one attached hydrogen (secondary N) is 1. The van der Waals surface area contributed by atoms with Gasteiger partial charge >= 0.3 is 0 Å². The highest BCUT2D eigenvalue weighted by atomic mass is 32.2. The number of rotatable bonds is 6. The van der Waals surface area contributed by atoms with Gasteiger partial charge in [0.15, 0.2) is 0 Å². The van der Waals surface area contributed by atoms with Crippen LogP contribution in [0.4, 0.5) is 4.39 Å². The van der Waals surface area contributed by atoms with Crippen LogP contribution in [0.25, 0.3) is 0 Å². The zero-order valence-corrected chi connectivity index (χ0v) is 12.5. The van der Waals surface area contributed by atoms with Crippen molar-refractivity contribution in [2.45, 2.75) is 25.8 Å². The van der Waals surface area contributed by atoms with Crippen molar-refractivity contribution in [1.29, 1.82) is 0 Å². The Morgan fingerprint density at radius 3 is 2.80 bits per heavy atom. The lowest BCUT2D eigenvalue weighted by Gasteiger charge is -2.18. The van der Waals surface area contributed by atoms with Crippen molar-refractivity contribution in [3.05, 3.63) is 35.6 Å². The predicted octanol–water partition coefficient (Wildman–Crippen LogP) is 1.38. The largest absolute Gasteiger partial charge is 0.313 e. The molecular weight excluding hydrogens is 279 g/mol. The highest BCUT2D eigenvalue weighted by molar-refractivity contribution is 7.89. The first-order chi connectivity index (χ1) is 9.49. The Morgan fingerprint density at radius 2 is 2.15 bits per heavy atom. The van der Waals surface area contributed by atoms with Gasteiger partial charge in [-0.25, -0.2) is 17.1 Å². The van der Waals surface area contributed by atoms with Gasteiger partial charge in [0, 0.05) is 25.7 Å². The zero-order chi connectivity index (χ0) is 14.6. The summed E-state index contributed by atoms with van der Waals surface area (Å²) in [6, 6.07) is 6.84. The molecule has 0 saturated carbocycles. The van der Waals surface area contributed by atoms with Gasteiger partial charge in [-0.2, -0.15) is 0 Å². The van der Waals surface area contributed by atoms with E-state index in [0.717, 1.165) is 0 Å². The quantitative estimate of drug-likeness (QED) is 0.863. The van der Waals surface area contributed by atoms with Crippen LogP contribution < -0.4 is 5.32 Å². The molecule has 0 bridgehead atoms. The molecule has 0 aliphatic carbocycles. The number of halogens is 1. The molecule has 1 saturated heterocycles. The Morgan fingerprint density at radius 1 is 1.40 bits per heavy atom. The molecule has 6 heteroatoms. The third-order valence-electron chi connectivity index (χ3n) is 3.54. The average molecular weight is 300 g/mol. The summed E-state index contributed by atoms with van der Waals surface area (Å²) in [5.41, 5.74) is 0.682. The molecular formula is C14H21FN2O2S. The minimum atomic E-state index is -3.02. The molecule has 20 heavy (non-hydrogen) atoms. The predicted molar refractivity (Wildman–Crippen MR) is 77.5 cm³/mol. The Kier molecular flexibility index (Phi) is 5.12. The number of hydrogen-bond acceptors (Lipinski definition) is 3. The summed E-state index contributed by atoms with van der Waals surface area (Å²) < 4.78 is 38.3. The van der Waals surface area contributed by atoms with Gasteiger partial charge in [-0.05, 0) is 31.4 Å². The van der Waals surface area contributed by atoms with E-state index < -0.39 is 10.0 Å². The van der Waals surface area contributed by atoms with Crippen molar-refractivity contribution in [2.75, 3.05) is 25.4 Å². The molecule has 112 valence electrons. The van der Waals surface area contributed by atoms with Crippen LogP contribution in [0.15, 0.2) is 24.3 Å². The fourth-order valence-electron chi connectivity index (χ4n) is 2.44. The number of sulfonamides is 1. The van der Waals surface area contributed by atoms with Crippen LogP contribution in [-0.2, 0) is 16.4 Å². The van der Waals surface area contributed by atoms with Crippen LogP contribution >= 0.6 is 0 Å². The molecule has 1 aliphatic rings. The summed E-state index contributed by atoms with van der Waals surface area (Å²) >= 11 is 0. The molecule has 0 aromatic heterocycles. The lowest BCUT2D eigenvalue weighted by molar-refractivity contribution is 0.417. The van der Waals surface area contributed by atoms with E-state index >= 15 is 0 Å². The number of benzene rings is 1. The van der Waals surface area contributed by atoms with Crippen LogP contribution in [-0.4, -0.2) is 44.2 Å². The monoisotopic (exact) mass is 300 g/mol. The van der Waals surface area contributed by atoms with Crippen molar-refractivity contribution in [3.8, 4) is 0 Å². The first-order valence-corrected chi connectivity index (χ1v) is 8.54. The SMILES string of the molecule is CC(Cc1ccccc1F)NCCN1CCCS1(=O)=O. The summed E-state index contributed by atoms with van der Waals surface area (Å²) in [5, 5.41) is 3.25. The van der Waals surface area contributed by atoms with E-state index in [9.17, 15) is 12.8 Å². The van der Waals surface area contributed by atoms with E-state index in [1.54, 1.807) is 12.1 Å².